The second-order valence-electron chi connectivity index (χ2n) is 3.92. The number of thiazole rings is 1. The van der Waals surface area contributed by atoms with E-state index < -0.39 is 0 Å². The van der Waals surface area contributed by atoms with Crippen LogP contribution in [0.25, 0.3) is 0 Å². The van der Waals surface area contributed by atoms with E-state index in [2.05, 4.69) is 22.3 Å². The van der Waals surface area contributed by atoms with Crippen LogP contribution in [0.2, 0.25) is 0 Å². The second kappa shape index (κ2) is 5.49. The van der Waals surface area contributed by atoms with Gasteiger partial charge in [-0.3, -0.25) is 4.68 Å². The Morgan fingerprint density at radius 3 is 2.78 bits per heavy atom. The molecular formula is C12H18N4OS. The largest absolute Gasteiger partial charge is 0.493 e. The minimum atomic E-state index is 0.0635. The van der Waals surface area contributed by atoms with Crippen molar-refractivity contribution in [3.63, 3.8) is 0 Å². The summed E-state index contributed by atoms with van der Waals surface area (Å²) in [5, 5.41) is 8.72. The van der Waals surface area contributed by atoms with Crippen molar-refractivity contribution in [2.75, 3.05) is 14.2 Å². The van der Waals surface area contributed by atoms with Crippen LogP contribution in [-0.2, 0) is 6.54 Å². The molecule has 0 aliphatic carbocycles. The molecule has 5 nitrogen and oxygen atoms in total. The summed E-state index contributed by atoms with van der Waals surface area (Å²) in [6.07, 6.45) is 3.67. The highest BCUT2D eigenvalue weighted by Gasteiger charge is 2.23. The van der Waals surface area contributed by atoms with Gasteiger partial charge in [0.25, 0.3) is 0 Å². The highest BCUT2D eigenvalue weighted by Crippen LogP contribution is 2.32. The van der Waals surface area contributed by atoms with Gasteiger partial charge >= 0.3 is 0 Å². The fraction of sp³-hybridized carbons (Fsp3) is 0.500. The fourth-order valence-electron chi connectivity index (χ4n) is 2.00. The Kier molecular flexibility index (Phi) is 3.98. The molecule has 0 saturated carbocycles. The molecule has 2 heterocycles. The molecule has 6 heteroatoms. The van der Waals surface area contributed by atoms with Crippen molar-refractivity contribution in [3.05, 3.63) is 28.0 Å². The summed E-state index contributed by atoms with van der Waals surface area (Å²) in [7, 11) is 3.61. The van der Waals surface area contributed by atoms with Crippen molar-refractivity contribution < 1.29 is 4.74 Å². The Labute approximate surface area is 111 Å². The van der Waals surface area contributed by atoms with Gasteiger partial charge in [0.05, 0.1) is 24.4 Å². The standard InChI is InChI=1S/C12H18N4OS/c1-5-16-12(9(17-4)6-15-16)11(13-3)10-7-14-8(2)18-10/h6-7,11,13H,5H2,1-4H3. The molecule has 1 atom stereocenters. The quantitative estimate of drug-likeness (QED) is 0.899. The fourth-order valence-corrected chi connectivity index (χ4v) is 2.90. The average Bonchev–Trinajstić information content (AvgIpc) is 2.97. The number of aromatic nitrogens is 3. The van der Waals surface area contributed by atoms with Crippen LogP contribution in [0, 0.1) is 6.92 Å². The van der Waals surface area contributed by atoms with Gasteiger partial charge in [-0.05, 0) is 20.9 Å². The Balaban J connectivity index is 2.46. The Morgan fingerprint density at radius 2 is 2.28 bits per heavy atom. The van der Waals surface area contributed by atoms with E-state index in [1.54, 1.807) is 24.6 Å². The molecule has 0 spiro atoms. The first kappa shape index (κ1) is 13.0. The molecule has 0 aliphatic heterocycles. The molecule has 0 aliphatic rings. The first-order chi connectivity index (χ1) is 8.71. The van der Waals surface area contributed by atoms with Gasteiger partial charge in [0.2, 0.25) is 0 Å². The predicted octanol–water partition coefficient (Wildman–Crippen LogP) is 1.99. The maximum absolute atomic E-state index is 5.40. The summed E-state index contributed by atoms with van der Waals surface area (Å²) >= 11 is 1.69. The average molecular weight is 266 g/mol. The molecule has 1 N–H and O–H groups in total. The molecule has 98 valence electrons. The highest BCUT2D eigenvalue weighted by molar-refractivity contribution is 7.11. The number of nitrogens with zero attached hydrogens (tertiary/aromatic N) is 3. The number of hydrogen-bond acceptors (Lipinski definition) is 5. The second-order valence-corrected chi connectivity index (χ2v) is 5.18. The van der Waals surface area contributed by atoms with Crippen LogP contribution in [0.5, 0.6) is 5.75 Å². The Bertz CT molecular complexity index is 498. The van der Waals surface area contributed by atoms with E-state index in [1.807, 2.05) is 24.9 Å². The van der Waals surface area contributed by atoms with Gasteiger partial charge in [-0.2, -0.15) is 5.10 Å². The predicted molar refractivity (Wildman–Crippen MR) is 72.2 cm³/mol. The lowest BCUT2D eigenvalue weighted by Crippen LogP contribution is -2.21. The summed E-state index contributed by atoms with van der Waals surface area (Å²) in [6.45, 7) is 4.89. The van der Waals surface area contributed by atoms with Crippen molar-refractivity contribution in [2.45, 2.75) is 26.4 Å². The van der Waals surface area contributed by atoms with Gasteiger partial charge in [0, 0.05) is 17.6 Å². The summed E-state index contributed by atoms with van der Waals surface area (Å²) in [5.41, 5.74) is 1.05. The van der Waals surface area contributed by atoms with Gasteiger partial charge < -0.3 is 10.1 Å². The molecular weight excluding hydrogens is 248 g/mol. The van der Waals surface area contributed by atoms with Gasteiger partial charge in [-0.15, -0.1) is 11.3 Å². The van der Waals surface area contributed by atoms with Crippen LogP contribution < -0.4 is 10.1 Å². The van der Waals surface area contributed by atoms with Crippen molar-refractivity contribution in [1.29, 1.82) is 0 Å². The third-order valence-electron chi connectivity index (χ3n) is 2.85. The van der Waals surface area contributed by atoms with Gasteiger partial charge in [-0.25, -0.2) is 4.98 Å². The van der Waals surface area contributed by atoms with Gasteiger partial charge in [0.1, 0.15) is 5.69 Å². The molecule has 0 bridgehead atoms. The van der Waals surface area contributed by atoms with Crippen LogP contribution in [0.4, 0.5) is 0 Å². The summed E-state index contributed by atoms with van der Waals surface area (Å²) in [4.78, 5) is 5.48. The van der Waals surface area contributed by atoms with Crippen molar-refractivity contribution in [1.82, 2.24) is 20.1 Å². The highest BCUT2D eigenvalue weighted by atomic mass is 32.1. The van der Waals surface area contributed by atoms with E-state index in [-0.39, 0.29) is 6.04 Å². The van der Waals surface area contributed by atoms with Crippen LogP contribution in [0.15, 0.2) is 12.4 Å². The SMILES string of the molecule is CCn1ncc(OC)c1C(NC)c1cnc(C)s1. The number of methoxy groups -OCH3 is 1. The molecule has 0 aromatic carbocycles. The minimum Gasteiger partial charge on any atom is -0.493 e. The molecule has 0 saturated heterocycles. The maximum atomic E-state index is 5.40. The third-order valence-corrected chi connectivity index (χ3v) is 3.83. The summed E-state index contributed by atoms with van der Waals surface area (Å²) in [6, 6.07) is 0.0635. The first-order valence-corrected chi connectivity index (χ1v) is 6.72. The molecule has 18 heavy (non-hydrogen) atoms. The first-order valence-electron chi connectivity index (χ1n) is 5.90. The zero-order valence-corrected chi connectivity index (χ0v) is 11.9. The third kappa shape index (κ3) is 2.26. The van der Waals surface area contributed by atoms with Gasteiger partial charge in [0.15, 0.2) is 5.75 Å². The van der Waals surface area contributed by atoms with E-state index >= 15 is 0 Å². The van der Waals surface area contributed by atoms with E-state index in [9.17, 15) is 0 Å². The number of hydrogen-bond donors (Lipinski definition) is 1. The molecule has 0 fully saturated rings. The molecule has 2 rings (SSSR count). The lowest BCUT2D eigenvalue weighted by molar-refractivity contribution is 0.401. The van der Waals surface area contributed by atoms with Crippen molar-refractivity contribution in [2.24, 2.45) is 0 Å². The van der Waals surface area contributed by atoms with Crippen LogP contribution in [0.3, 0.4) is 0 Å². The maximum Gasteiger partial charge on any atom is 0.161 e. The topological polar surface area (TPSA) is 52.0 Å². The number of rotatable bonds is 5. The molecule has 2 aromatic heterocycles. The zero-order chi connectivity index (χ0) is 13.1. The minimum absolute atomic E-state index is 0.0635. The number of ether oxygens (including phenoxy) is 1. The number of nitrogens with one attached hydrogen (secondary N) is 1. The van der Waals surface area contributed by atoms with Crippen molar-refractivity contribution >= 4 is 11.3 Å². The molecule has 2 aromatic rings. The molecule has 0 amide bonds. The Morgan fingerprint density at radius 1 is 1.50 bits per heavy atom. The molecule has 1 unspecified atom stereocenters. The van der Waals surface area contributed by atoms with E-state index in [1.165, 1.54) is 4.88 Å². The van der Waals surface area contributed by atoms with Gasteiger partial charge in [-0.1, -0.05) is 0 Å². The summed E-state index contributed by atoms with van der Waals surface area (Å²) in [5.74, 6) is 0.808. The summed E-state index contributed by atoms with van der Waals surface area (Å²) < 4.78 is 7.35. The van der Waals surface area contributed by atoms with Crippen molar-refractivity contribution in [3.8, 4) is 5.75 Å². The van der Waals surface area contributed by atoms with E-state index in [0.717, 1.165) is 23.0 Å². The number of aryl methyl sites for hydroxylation is 2. The normalized spacial score (nSPS) is 12.7. The van der Waals surface area contributed by atoms with Crippen LogP contribution in [-0.4, -0.2) is 28.9 Å². The van der Waals surface area contributed by atoms with E-state index in [0.29, 0.717) is 0 Å². The monoisotopic (exact) mass is 266 g/mol. The molecule has 0 radical (unpaired) electrons. The van der Waals surface area contributed by atoms with Crippen LogP contribution in [0.1, 0.15) is 28.5 Å². The lowest BCUT2D eigenvalue weighted by Gasteiger charge is -2.17. The van der Waals surface area contributed by atoms with Crippen LogP contribution >= 0.6 is 11.3 Å². The lowest BCUT2D eigenvalue weighted by atomic mass is 10.1. The zero-order valence-electron chi connectivity index (χ0n) is 11.1. The Hall–Kier alpha value is -1.40. The van der Waals surface area contributed by atoms with E-state index in [4.69, 9.17) is 4.74 Å². The smallest absolute Gasteiger partial charge is 0.161 e.